The maximum absolute atomic E-state index is 4.53. The summed E-state index contributed by atoms with van der Waals surface area (Å²) >= 11 is 1.90. The molecule has 108 valence electrons. The van der Waals surface area contributed by atoms with Gasteiger partial charge in [-0.15, -0.1) is 11.8 Å². The molecule has 2 aromatic carbocycles. The van der Waals surface area contributed by atoms with Crippen molar-refractivity contribution in [3.05, 3.63) is 65.2 Å². The summed E-state index contributed by atoms with van der Waals surface area (Å²) < 4.78 is 0. The van der Waals surface area contributed by atoms with Gasteiger partial charge in [-0.05, 0) is 30.5 Å². The molecule has 1 aliphatic heterocycles. The van der Waals surface area contributed by atoms with Crippen molar-refractivity contribution in [2.24, 2.45) is 4.99 Å². The van der Waals surface area contributed by atoms with Gasteiger partial charge in [0.05, 0.1) is 0 Å². The quantitative estimate of drug-likeness (QED) is 0.862. The van der Waals surface area contributed by atoms with E-state index in [1.54, 1.807) is 0 Å². The van der Waals surface area contributed by atoms with E-state index in [4.69, 9.17) is 0 Å². The molecule has 0 bridgehead atoms. The van der Waals surface area contributed by atoms with E-state index < -0.39 is 0 Å². The Morgan fingerprint density at radius 3 is 2.62 bits per heavy atom. The summed E-state index contributed by atoms with van der Waals surface area (Å²) in [6, 6.07) is 17.3. The highest BCUT2D eigenvalue weighted by molar-refractivity contribution is 7.98. The fourth-order valence-electron chi connectivity index (χ4n) is 2.36. The minimum Gasteiger partial charge on any atom is -0.370 e. The Bertz CT molecular complexity index is 632. The van der Waals surface area contributed by atoms with Gasteiger partial charge < -0.3 is 5.32 Å². The van der Waals surface area contributed by atoms with Gasteiger partial charge in [-0.25, -0.2) is 0 Å². The molecule has 0 amide bonds. The minimum atomic E-state index is 0.938. The summed E-state index contributed by atoms with van der Waals surface area (Å²) in [5.41, 5.74) is 3.89. The highest BCUT2D eigenvalue weighted by Gasteiger charge is 2.06. The van der Waals surface area contributed by atoms with Crippen LogP contribution in [0, 0.1) is 6.92 Å². The van der Waals surface area contributed by atoms with Crippen molar-refractivity contribution in [2.75, 3.05) is 13.1 Å². The van der Waals surface area contributed by atoms with Crippen LogP contribution in [0.2, 0.25) is 0 Å². The first-order valence-corrected chi connectivity index (χ1v) is 8.37. The zero-order chi connectivity index (χ0) is 14.5. The Morgan fingerprint density at radius 1 is 1.10 bits per heavy atom. The second-order valence-corrected chi connectivity index (χ2v) is 6.28. The second-order valence-electron chi connectivity index (χ2n) is 5.26. The molecule has 3 rings (SSSR count). The maximum atomic E-state index is 4.53. The van der Waals surface area contributed by atoms with Crippen molar-refractivity contribution < 1.29 is 0 Å². The standard InChI is InChI=1S/C18H20N2S/c1-14-5-2-3-6-17(14)21-13-15-7-9-16(10-8-15)18-19-11-4-12-20-18/h2-3,5-10H,4,11-13H2,1H3,(H,19,20). The molecule has 1 N–H and O–H groups in total. The van der Waals surface area contributed by atoms with Gasteiger partial charge in [0.1, 0.15) is 5.84 Å². The monoisotopic (exact) mass is 296 g/mol. The van der Waals surface area contributed by atoms with Gasteiger partial charge in [-0.2, -0.15) is 0 Å². The third-order valence-electron chi connectivity index (χ3n) is 3.61. The van der Waals surface area contributed by atoms with Crippen molar-refractivity contribution in [3.63, 3.8) is 0 Å². The van der Waals surface area contributed by atoms with Gasteiger partial charge in [-0.3, -0.25) is 4.99 Å². The van der Waals surface area contributed by atoms with Crippen LogP contribution in [-0.2, 0) is 5.75 Å². The molecule has 1 heterocycles. The van der Waals surface area contributed by atoms with Gasteiger partial charge >= 0.3 is 0 Å². The van der Waals surface area contributed by atoms with E-state index in [1.165, 1.54) is 21.6 Å². The van der Waals surface area contributed by atoms with E-state index in [9.17, 15) is 0 Å². The van der Waals surface area contributed by atoms with Gasteiger partial charge in [0.2, 0.25) is 0 Å². The summed E-state index contributed by atoms with van der Waals surface area (Å²) in [6.07, 6.45) is 1.13. The molecule has 2 nitrogen and oxygen atoms in total. The summed E-state index contributed by atoms with van der Waals surface area (Å²) in [5.74, 6) is 2.05. The fourth-order valence-corrected chi connectivity index (χ4v) is 3.35. The molecule has 0 saturated carbocycles. The molecule has 0 fully saturated rings. The highest BCUT2D eigenvalue weighted by Crippen LogP contribution is 2.25. The van der Waals surface area contributed by atoms with Crippen LogP contribution in [0.5, 0.6) is 0 Å². The van der Waals surface area contributed by atoms with Crippen LogP contribution < -0.4 is 5.32 Å². The highest BCUT2D eigenvalue weighted by atomic mass is 32.2. The molecular formula is C18H20N2S. The number of benzene rings is 2. The smallest absolute Gasteiger partial charge is 0.128 e. The lowest BCUT2D eigenvalue weighted by molar-refractivity contribution is 0.742. The van der Waals surface area contributed by atoms with Crippen LogP contribution in [0.4, 0.5) is 0 Å². The first-order chi connectivity index (χ1) is 10.3. The van der Waals surface area contributed by atoms with Crippen LogP contribution >= 0.6 is 11.8 Å². The molecule has 0 spiro atoms. The molecule has 0 radical (unpaired) electrons. The topological polar surface area (TPSA) is 24.4 Å². The summed E-state index contributed by atoms with van der Waals surface area (Å²) in [7, 11) is 0. The van der Waals surface area contributed by atoms with E-state index >= 15 is 0 Å². The molecule has 21 heavy (non-hydrogen) atoms. The largest absolute Gasteiger partial charge is 0.370 e. The van der Waals surface area contributed by atoms with Crippen LogP contribution in [0.1, 0.15) is 23.1 Å². The molecule has 1 aliphatic rings. The van der Waals surface area contributed by atoms with Crippen LogP contribution in [0.25, 0.3) is 0 Å². The van der Waals surface area contributed by atoms with Crippen molar-refractivity contribution >= 4 is 17.6 Å². The number of hydrogen-bond acceptors (Lipinski definition) is 3. The third-order valence-corrected chi connectivity index (χ3v) is 4.86. The fraction of sp³-hybridized carbons (Fsp3) is 0.278. The summed E-state index contributed by atoms with van der Waals surface area (Å²) in [4.78, 5) is 5.90. The maximum Gasteiger partial charge on any atom is 0.128 e. The number of hydrogen-bond donors (Lipinski definition) is 1. The van der Waals surface area contributed by atoms with Crippen molar-refractivity contribution in [3.8, 4) is 0 Å². The number of thioether (sulfide) groups is 1. The first kappa shape index (κ1) is 14.2. The average Bonchev–Trinajstić information content (AvgIpc) is 2.55. The van der Waals surface area contributed by atoms with Gasteiger partial charge in [0.15, 0.2) is 0 Å². The predicted octanol–water partition coefficient (Wildman–Crippen LogP) is 4.03. The molecule has 0 atom stereocenters. The zero-order valence-corrected chi connectivity index (χ0v) is 13.1. The number of aliphatic imine (C=N–C) groups is 1. The second kappa shape index (κ2) is 6.81. The lowest BCUT2D eigenvalue weighted by atomic mass is 10.1. The van der Waals surface area contributed by atoms with E-state index in [-0.39, 0.29) is 0 Å². The molecule has 0 aliphatic carbocycles. The molecule has 2 aromatic rings. The van der Waals surface area contributed by atoms with Crippen LogP contribution in [0.15, 0.2) is 58.4 Å². The summed E-state index contributed by atoms with van der Waals surface area (Å²) in [5, 5.41) is 3.36. The van der Waals surface area contributed by atoms with Crippen molar-refractivity contribution in [1.82, 2.24) is 5.32 Å². The van der Waals surface area contributed by atoms with Crippen molar-refractivity contribution in [1.29, 1.82) is 0 Å². The van der Waals surface area contributed by atoms with E-state index in [1.807, 2.05) is 11.8 Å². The number of aryl methyl sites for hydroxylation is 1. The van der Waals surface area contributed by atoms with E-state index in [0.29, 0.717) is 0 Å². The molecule has 3 heteroatoms. The zero-order valence-electron chi connectivity index (χ0n) is 12.3. The molecule has 0 saturated heterocycles. The minimum absolute atomic E-state index is 0.938. The van der Waals surface area contributed by atoms with Gasteiger partial charge in [0.25, 0.3) is 0 Å². The SMILES string of the molecule is Cc1ccccc1SCc1ccc(C2=NCCCN2)cc1. The molecule has 0 unspecified atom stereocenters. The lowest BCUT2D eigenvalue weighted by Gasteiger charge is -2.14. The van der Waals surface area contributed by atoms with Gasteiger partial charge in [-0.1, -0.05) is 42.5 Å². The van der Waals surface area contributed by atoms with Crippen LogP contribution in [-0.4, -0.2) is 18.9 Å². The predicted molar refractivity (Wildman–Crippen MR) is 91.2 cm³/mol. The normalized spacial score (nSPS) is 14.4. The lowest BCUT2D eigenvalue weighted by Crippen LogP contribution is -2.30. The Labute approximate surface area is 130 Å². The molecular weight excluding hydrogens is 276 g/mol. The number of rotatable bonds is 4. The van der Waals surface area contributed by atoms with Gasteiger partial charge in [0, 0.05) is 29.3 Å². The first-order valence-electron chi connectivity index (χ1n) is 7.39. The Balaban J connectivity index is 1.65. The summed E-state index contributed by atoms with van der Waals surface area (Å²) in [6.45, 7) is 4.13. The van der Waals surface area contributed by atoms with Crippen LogP contribution in [0.3, 0.4) is 0 Å². The molecule has 0 aromatic heterocycles. The Morgan fingerprint density at radius 2 is 1.90 bits per heavy atom. The Kier molecular flexibility index (Phi) is 4.61. The van der Waals surface area contributed by atoms with E-state index in [2.05, 4.69) is 65.8 Å². The number of nitrogens with zero attached hydrogens (tertiary/aromatic N) is 1. The van der Waals surface area contributed by atoms with Crippen molar-refractivity contribution in [2.45, 2.75) is 24.0 Å². The number of amidine groups is 1. The average molecular weight is 296 g/mol. The third kappa shape index (κ3) is 3.67. The van der Waals surface area contributed by atoms with E-state index in [0.717, 1.165) is 31.1 Å². The Hall–Kier alpha value is -1.74. The number of nitrogens with one attached hydrogen (secondary N) is 1.